The number of hydrogen-bond donors (Lipinski definition) is 3. The van der Waals surface area contributed by atoms with E-state index in [-0.39, 0.29) is 12.5 Å². The largest absolute Gasteiger partial charge is 0.368 e. The summed E-state index contributed by atoms with van der Waals surface area (Å²) in [5.74, 6) is -1.65. The lowest BCUT2D eigenvalue weighted by Gasteiger charge is -2.06. The fourth-order valence-corrected chi connectivity index (χ4v) is 1.27. The summed E-state index contributed by atoms with van der Waals surface area (Å²) >= 11 is 0. The molecule has 0 aliphatic carbocycles. The van der Waals surface area contributed by atoms with Crippen LogP contribution in [0, 0.1) is 6.92 Å². The van der Waals surface area contributed by atoms with Gasteiger partial charge in [0.25, 0.3) is 11.8 Å². The van der Waals surface area contributed by atoms with Crippen LogP contribution < -0.4 is 16.5 Å². The van der Waals surface area contributed by atoms with Crippen molar-refractivity contribution in [3.63, 3.8) is 0 Å². The van der Waals surface area contributed by atoms with Gasteiger partial charge in [-0.2, -0.15) is 0 Å². The highest BCUT2D eigenvalue weighted by molar-refractivity contribution is 5.96. The molecule has 19 heavy (non-hydrogen) atoms. The lowest BCUT2D eigenvalue weighted by molar-refractivity contribution is -0.137. The minimum atomic E-state index is -0.705. The zero-order valence-corrected chi connectivity index (χ0v) is 10.4. The molecule has 102 valence electrons. The van der Waals surface area contributed by atoms with Crippen molar-refractivity contribution >= 4 is 17.7 Å². The van der Waals surface area contributed by atoms with E-state index < -0.39 is 18.4 Å². The molecule has 3 amide bonds. The van der Waals surface area contributed by atoms with E-state index >= 15 is 0 Å². The predicted octanol–water partition coefficient (Wildman–Crippen LogP) is -0.742. The zero-order valence-electron chi connectivity index (χ0n) is 10.4. The Morgan fingerprint density at radius 1 is 1.32 bits per heavy atom. The molecule has 0 aromatic heterocycles. The fraction of sp³-hybridized carbons (Fsp3) is 0.250. The molecule has 7 heteroatoms. The van der Waals surface area contributed by atoms with Crippen LogP contribution in [0.15, 0.2) is 24.3 Å². The van der Waals surface area contributed by atoms with Crippen molar-refractivity contribution in [2.24, 2.45) is 5.73 Å². The Balaban J connectivity index is 2.34. The maximum Gasteiger partial charge on any atom is 0.262 e. The number of hydroxylamine groups is 1. The van der Waals surface area contributed by atoms with E-state index in [1.807, 2.05) is 18.5 Å². The van der Waals surface area contributed by atoms with Crippen molar-refractivity contribution in [1.82, 2.24) is 10.8 Å². The van der Waals surface area contributed by atoms with Crippen molar-refractivity contribution in [3.8, 4) is 0 Å². The number of benzene rings is 1. The van der Waals surface area contributed by atoms with Crippen molar-refractivity contribution in [1.29, 1.82) is 0 Å². The molecule has 0 spiro atoms. The molecule has 0 saturated heterocycles. The van der Waals surface area contributed by atoms with Crippen LogP contribution in [0.1, 0.15) is 15.9 Å². The van der Waals surface area contributed by atoms with E-state index in [0.29, 0.717) is 5.56 Å². The van der Waals surface area contributed by atoms with E-state index in [2.05, 4.69) is 10.2 Å². The average molecular weight is 265 g/mol. The summed E-state index contributed by atoms with van der Waals surface area (Å²) in [6.45, 7) is 1.18. The minimum absolute atomic E-state index is 0.258. The van der Waals surface area contributed by atoms with Gasteiger partial charge >= 0.3 is 0 Å². The molecule has 0 saturated carbocycles. The van der Waals surface area contributed by atoms with E-state index in [1.165, 1.54) is 0 Å². The number of amides is 3. The van der Waals surface area contributed by atoms with Crippen molar-refractivity contribution in [3.05, 3.63) is 35.4 Å². The van der Waals surface area contributed by atoms with Crippen molar-refractivity contribution < 1.29 is 19.2 Å². The Kier molecular flexibility index (Phi) is 5.49. The maximum absolute atomic E-state index is 11.7. The van der Waals surface area contributed by atoms with E-state index in [4.69, 9.17) is 5.73 Å². The normalized spacial score (nSPS) is 9.74. The standard InChI is InChI=1S/C12H15N3O4/c1-8-3-2-4-9(5-8)12(18)14-6-11(17)15-19-7-10(13)16/h2-5H,6-7H2,1H3,(H2,13,16)(H,14,18)(H,15,17). The number of aryl methyl sites for hydroxylation is 1. The third-order valence-corrected chi connectivity index (χ3v) is 2.09. The van der Waals surface area contributed by atoms with Crippen LogP contribution in [-0.2, 0) is 14.4 Å². The van der Waals surface area contributed by atoms with E-state index in [9.17, 15) is 14.4 Å². The molecular formula is C12H15N3O4. The Hall–Kier alpha value is -2.41. The molecule has 0 atom stereocenters. The van der Waals surface area contributed by atoms with Gasteiger partial charge in [0.15, 0.2) is 6.61 Å². The first-order valence-electron chi connectivity index (χ1n) is 5.53. The molecule has 0 radical (unpaired) electrons. The van der Waals surface area contributed by atoms with Gasteiger partial charge in [-0.05, 0) is 19.1 Å². The Labute approximate surface area is 110 Å². The van der Waals surface area contributed by atoms with Gasteiger partial charge < -0.3 is 11.1 Å². The summed E-state index contributed by atoms with van der Waals surface area (Å²) in [5.41, 5.74) is 8.19. The molecule has 4 N–H and O–H groups in total. The van der Waals surface area contributed by atoms with Gasteiger partial charge in [-0.1, -0.05) is 17.7 Å². The first-order chi connectivity index (χ1) is 8.99. The van der Waals surface area contributed by atoms with Crippen molar-refractivity contribution in [2.45, 2.75) is 6.92 Å². The zero-order chi connectivity index (χ0) is 14.3. The summed E-state index contributed by atoms with van der Waals surface area (Å²) in [6, 6.07) is 6.96. The molecule has 0 bridgehead atoms. The summed E-state index contributed by atoms with van der Waals surface area (Å²) in [5, 5.41) is 2.42. The lowest BCUT2D eigenvalue weighted by Crippen LogP contribution is -2.38. The minimum Gasteiger partial charge on any atom is -0.368 e. The molecule has 0 aliphatic rings. The Morgan fingerprint density at radius 3 is 2.68 bits per heavy atom. The second-order valence-corrected chi connectivity index (χ2v) is 3.83. The van der Waals surface area contributed by atoms with Gasteiger partial charge in [0.1, 0.15) is 0 Å². The van der Waals surface area contributed by atoms with Crippen LogP contribution in [0.4, 0.5) is 0 Å². The molecule has 0 heterocycles. The number of hydrogen-bond acceptors (Lipinski definition) is 4. The number of nitrogens with two attached hydrogens (primary N) is 1. The van der Waals surface area contributed by atoms with Crippen LogP contribution in [0.2, 0.25) is 0 Å². The second-order valence-electron chi connectivity index (χ2n) is 3.83. The lowest BCUT2D eigenvalue weighted by atomic mass is 10.1. The predicted molar refractivity (Wildman–Crippen MR) is 66.8 cm³/mol. The highest BCUT2D eigenvalue weighted by Gasteiger charge is 2.08. The fourth-order valence-electron chi connectivity index (χ4n) is 1.27. The number of carbonyl (C=O) groups excluding carboxylic acids is 3. The third-order valence-electron chi connectivity index (χ3n) is 2.09. The van der Waals surface area contributed by atoms with Crippen LogP contribution in [0.3, 0.4) is 0 Å². The van der Waals surface area contributed by atoms with E-state index in [1.54, 1.807) is 18.2 Å². The molecule has 1 aromatic rings. The maximum atomic E-state index is 11.7. The molecule has 0 fully saturated rings. The van der Waals surface area contributed by atoms with Crippen LogP contribution in [0.25, 0.3) is 0 Å². The van der Waals surface area contributed by atoms with E-state index in [0.717, 1.165) is 5.56 Å². The highest BCUT2D eigenvalue weighted by atomic mass is 16.7. The second kappa shape index (κ2) is 7.12. The topological polar surface area (TPSA) is 111 Å². The van der Waals surface area contributed by atoms with Gasteiger partial charge in [-0.25, -0.2) is 5.48 Å². The van der Waals surface area contributed by atoms with Gasteiger partial charge in [0.05, 0.1) is 6.54 Å². The number of primary amides is 1. The van der Waals surface area contributed by atoms with Gasteiger partial charge in [-0.15, -0.1) is 0 Å². The third kappa shape index (κ3) is 5.64. The van der Waals surface area contributed by atoms with Gasteiger partial charge in [0.2, 0.25) is 5.91 Å². The smallest absolute Gasteiger partial charge is 0.262 e. The molecule has 1 rings (SSSR count). The SMILES string of the molecule is Cc1cccc(C(=O)NCC(=O)NOCC(N)=O)c1. The summed E-state index contributed by atoms with van der Waals surface area (Å²) in [4.78, 5) is 37.7. The number of rotatable bonds is 6. The van der Waals surface area contributed by atoms with Crippen LogP contribution in [-0.4, -0.2) is 30.9 Å². The quantitative estimate of drug-likeness (QED) is 0.588. The summed E-state index contributed by atoms with van der Waals surface area (Å²) in [7, 11) is 0. The first-order valence-corrected chi connectivity index (χ1v) is 5.53. The summed E-state index contributed by atoms with van der Waals surface area (Å²) < 4.78 is 0. The van der Waals surface area contributed by atoms with Crippen molar-refractivity contribution in [2.75, 3.05) is 13.2 Å². The molecular weight excluding hydrogens is 250 g/mol. The highest BCUT2D eigenvalue weighted by Crippen LogP contribution is 2.03. The molecule has 7 nitrogen and oxygen atoms in total. The molecule has 0 aliphatic heterocycles. The Bertz CT molecular complexity index is 488. The van der Waals surface area contributed by atoms with Crippen LogP contribution >= 0.6 is 0 Å². The summed E-state index contributed by atoms with van der Waals surface area (Å²) in [6.07, 6.45) is 0. The van der Waals surface area contributed by atoms with Gasteiger partial charge in [-0.3, -0.25) is 19.2 Å². The molecule has 0 unspecified atom stereocenters. The first kappa shape index (κ1) is 14.7. The number of carbonyl (C=O) groups is 3. The monoisotopic (exact) mass is 265 g/mol. The average Bonchev–Trinajstić information content (AvgIpc) is 2.35. The van der Waals surface area contributed by atoms with Crippen LogP contribution in [0.5, 0.6) is 0 Å². The molecule has 1 aromatic carbocycles. The number of nitrogens with one attached hydrogen (secondary N) is 2. The van der Waals surface area contributed by atoms with Gasteiger partial charge in [0, 0.05) is 5.56 Å². The Morgan fingerprint density at radius 2 is 2.05 bits per heavy atom.